The quantitative estimate of drug-likeness (QED) is 0.178. The smallest absolute Gasteiger partial charge is 0.145 e. The monoisotopic (exact) mass is 772 g/mol. The van der Waals surface area contributed by atoms with Crippen LogP contribution in [0, 0.1) is 11.6 Å². The van der Waals surface area contributed by atoms with Gasteiger partial charge >= 0.3 is 0 Å². The Hall–Kier alpha value is -5.64. The lowest BCUT2D eigenvalue weighted by molar-refractivity contribution is 0.626. The maximum Gasteiger partial charge on any atom is 0.145 e. The van der Waals surface area contributed by atoms with Gasteiger partial charge in [0.05, 0.1) is 19.5 Å². The predicted octanol–water partition coefficient (Wildman–Crippen LogP) is 16.1. The summed E-state index contributed by atoms with van der Waals surface area (Å²) in [6.45, 7) is 0. The second-order valence-electron chi connectivity index (χ2n) is 13.6. The van der Waals surface area contributed by atoms with E-state index < -0.39 is 0 Å². The summed E-state index contributed by atoms with van der Waals surface area (Å²) < 4.78 is 46.0. The third kappa shape index (κ3) is 4.84. The molecule has 0 atom stereocenters. The minimum atomic E-state index is -0.247. The number of fused-ring (bicyclic) bond motifs is 7. The average Bonchev–Trinajstić information content (AvgIpc) is 4.03. The largest absolute Gasteiger partial charge is 0.455 e. The van der Waals surface area contributed by atoms with Crippen LogP contribution in [0.2, 0.25) is 0 Å². The van der Waals surface area contributed by atoms with Crippen LogP contribution in [0.1, 0.15) is 0 Å². The second kappa shape index (κ2) is 11.4. The summed E-state index contributed by atoms with van der Waals surface area (Å²) in [4.78, 5) is 4.55. The van der Waals surface area contributed by atoms with Gasteiger partial charge in [0.1, 0.15) is 34.3 Å². The predicted molar refractivity (Wildman–Crippen MR) is 227 cm³/mol. The fraction of sp³-hybridized carbons (Fsp3) is 0. The molecule has 0 unspecified atom stereocenters. The zero-order chi connectivity index (χ0) is 35.7. The third-order valence-corrected chi connectivity index (χ3v) is 15.0. The van der Waals surface area contributed by atoms with E-state index >= 15 is 8.78 Å². The molecule has 6 heterocycles. The fourth-order valence-corrected chi connectivity index (χ4v) is 11.9. The van der Waals surface area contributed by atoms with Gasteiger partial charge in [0.2, 0.25) is 0 Å². The molecular formula is C46H22F2O2S4. The summed E-state index contributed by atoms with van der Waals surface area (Å²) in [6, 6.07) is 44.8. The highest BCUT2D eigenvalue weighted by atomic mass is 32.1. The van der Waals surface area contributed by atoms with Crippen LogP contribution >= 0.6 is 45.3 Å². The molecule has 0 amide bonds. The van der Waals surface area contributed by atoms with Crippen molar-refractivity contribution in [2.75, 3.05) is 0 Å². The molecule has 8 heteroatoms. The van der Waals surface area contributed by atoms with Gasteiger partial charge in [-0.25, -0.2) is 8.78 Å². The van der Waals surface area contributed by atoms with Gasteiger partial charge in [-0.15, -0.1) is 45.3 Å². The van der Waals surface area contributed by atoms with Crippen LogP contribution in [-0.2, 0) is 0 Å². The fourth-order valence-electron chi connectivity index (χ4n) is 7.56. The van der Waals surface area contributed by atoms with Crippen molar-refractivity contribution < 1.29 is 17.6 Å². The first kappa shape index (κ1) is 30.8. The minimum absolute atomic E-state index is 0.247. The lowest BCUT2D eigenvalue weighted by Crippen LogP contribution is -1.73. The van der Waals surface area contributed by atoms with Crippen molar-refractivity contribution in [3.8, 4) is 40.8 Å². The molecule has 2 nitrogen and oxygen atoms in total. The van der Waals surface area contributed by atoms with Crippen molar-refractivity contribution in [3.05, 3.63) is 145 Å². The summed E-state index contributed by atoms with van der Waals surface area (Å²) in [5, 5.41) is 10.8. The molecule has 0 aliphatic carbocycles. The van der Waals surface area contributed by atoms with Crippen LogP contribution in [0.4, 0.5) is 8.78 Å². The highest BCUT2D eigenvalue weighted by molar-refractivity contribution is 7.27. The van der Waals surface area contributed by atoms with E-state index in [1.807, 2.05) is 48.5 Å². The van der Waals surface area contributed by atoms with E-state index in [0.717, 1.165) is 72.4 Å². The molecule has 256 valence electrons. The lowest BCUT2D eigenvalue weighted by Gasteiger charge is -1.98. The van der Waals surface area contributed by atoms with Crippen molar-refractivity contribution in [3.63, 3.8) is 0 Å². The minimum Gasteiger partial charge on any atom is -0.455 e. The molecule has 0 aliphatic heterocycles. The van der Waals surface area contributed by atoms with E-state index in [4.69, 9.17) is 8.83 Å². The Labute approximate surface area is 321 Å². The van der Waals surface area contributed by atoms with Crippen molar-refractivity contribution in [2.24, 2.45) is 0 Å². The molecule has 12 rings (SSSR count). The maximum atomic E-state index is 15.5. The second-order valence-corrected chi connectivity index (χ2v) is 17.9. The van der Waals surface area contributed by atoms with E-state index in [0.29, 0.717) is 21.3 Å². The number of thiophene rings is 4. The van der Waals surface area contributed by atoms with Crippen molar-refractivity contribution in [1.82, 2.24) is 0 Å². The molecule has 0 saturated carbocycles. The number of benzene rings is 6. The molecule has 6 aromatic carbocycles. The van der Waals surface area contributed by atoms with Gasteiger partial charge in [-0.2, -0.15) is 0 Å². The molecule has 0 spiro atoms. The number of hydrogen-bond donors (Lipinski definition) is 0. The molecule has 0 aliphatic rings. The SMILES string of the molecule is Fc1cc(-c2cc3cc4cc5oc(-c6cc(F)c(-c7cc8cc9ccccc9cc8s7)s6)cc5cc4cc3o2)sc1-c1cc2cc3ccccc3cc2s1. The molecule has 0 radical (unpaired) electrons. The van der Waals surface area contributed by atoms with Gasteiger partial charge in [-0.05, 0) is 128 Å². The topological polar surface area (TPSA) is 26.3 Å². The third-order valence-electron chi connectivity index (χ3n) is 10.2. The molecule has 0 N–H and O–H groups in total. The zero-order valence-corrected chi connectivity index (χ0v) is 31.2. The lowest BCUT2D eigenvalue weighted by atomic mass is 10.1. The van der Waals surface area contributed by atoms with Crippen LogP contribution in [0.15, 0.2) is 142 Å². The first-order valence-electron chi connectivity index (χ1n) is 17.3. The van der Waals surface area contributed by atoms with E-state index in [1.54, 1.807) is 34.8 Å². The van der Waals surface area contributed by atoms with Gasteiger partial charge in [-0.3, -0.25) is 0 Å². The Morgan fingerprint density at radius 2 is 0.741 bits per heavy atom. The zero-order valence-electron chi connectivity index (χ0n) is 27.9. The first-order chi connectivity index (χ1) is 26.5. The van der Waals surface area contributed by atoms with E-state index in [9.17, 15) is 0 Å². The van der Waals surface area contributed by atoms with Gasteiger partial charge < -0.3 is 8.83 Å². The molecule has 0 fully saturated rings. The number of halogens is 2. The van der Waals surface area contributed by atoms with Gasteiger partial charge in [-0.1, -0.05) is 48.5 Å². The van der Waals surface area contributed by atoms with E-state index in [1.165, 1.54) is 44.2 Å². The summed E-state index contributed by atoms with van der Waals surface area (Å²) >= 11 is 6.04. The van der Waals surface area contributed by atoms with E-state index in [2.05, 4.69) is 72.8 Å². The molecule has 12 aromatic rings. The molecule has 0 saturated heterocycles. The van der Waals surface area contributed by atoms with Crippen molar-refractivity contribution in [2.45, 2.75) is 0 Å². The standard InChI is InChI=1S/C46H22F2O2S4/c47-33-21-41(53-45(33)43-19-31-9-23-5-1-3-7-25(23)17-39(31)51-43)37-15-29-11-27-14-36-30(12-28(27)13-35(29)49-37)16-38(50-36)42-22-34(48)46(54-42)44-20-32-10-24-6-2-4-8-26(24)18-40(32)52-44/h1-22H. The summed E-state index contributed by atoms with van der Waals surface area (Å²) in [5.74, 6) is 0.776. The normalized spacial score (nSPS) is 12.3. The maximum absolute atomic E-state index is 15.5. The van der Waals surface area contributed by atoms with Crippen LogP contribution in [0.5, 0.6) is 0 Å². The highest BCUT2D eigenvalue weighted by Crippen LogP contribution is 2.46. The van der Waals surface area contributed by atoms with Gasteiger partial charge in [0.25, 0.3) is 0 Å². The van der Waals surface area contributed by atoms with Crippen LogP contribution in [0.3, 0.4) is 0 Å². The number of rotatable bonds is 4. The van der Waals surface area contributed by atoms with E-state index in [-0.39, 0.29) is 11.6 Å². The Kier molecular flexibility index (Phi) is 6.52. The van der Waals surface area contributed by atoms with Crippen molar-refractivity contribution in [1.29, 1.82) is 0 Å². The number of hydrogen-bond acceptors (Lipinski definition) is 6. The molecule has 54 heavy (non-hydrogen) atoms. The summed E-state index contributed by atoms with van der Waals surface area (Å²) in [7, 11) is 0. The molecular weight excluding hydrogens is 751 g/mol. The van der Waals surface area contributed by atoms with Crippen LogP contribution < -0.4 is 0 Å². The summed E-state index contributed by atoms with van der Waals surface area (Å²) in [5.41, 5.74) is 1.45. The number of furan rings is 2. The average molecular weight is 773 g/mol. The van der Waals surface area contributed by atoms with Crippen LogP contribution in [-0.4, -0.2) is 0 Å². The Balaban J connectivity index is 0.869. The van der Waals surface area contributed by atoms with Gasteiger partial charge in [0.15, 0.2) is 0 Å². The Morgan fingerprint density at radius 1 is 0.333 bits per heavy atom. The molecule has 6 aromatic heterocycles. The first-order valence-corrected chi connectivity index (χ1v) is 20.6. The highest BCUT2D eigenvalue weighted by Gasteiger charge is 2.20. The Bertz CT molecular complexity index is 3090. The van der Waals surface area contributed by atoms with Crippen LogP contribution in [0.25, 0.3) is 115 Å². The Morgan fingerprint density at radius 3 is 1.19 bits per heavy atom. The van der Waals surface area contributed by atoms with Gasteiger partial charge in [0, 0.05) is 29.9 Å². The molecule has 0 bridgehead atoms. The summed E-state index contributed by atoms with van der Waals surface area (Å²) in [6.07, 6.45) is 0. The van der Waals surface area contributed by atoms with Crippen molar-refractivity contribution >= 4 is 120 Å².